The molecule has 0 bridgehead atoms. The van der Waals surface area contributed by atoms with Gasteiger partial charge in [-0.1, -0.05) is 36.6 Å². The summed E-state index contributed by atoms with van der Waals surface area (Å²) in [4.78, 5) is 12.9. The van der Waals surface area contributed by atoms with Crippen molar-refractivity contribution in [3.05, 3.63) is 52.5 Å². The van der Waals surface area contributed by atoms with Crippen molar-refractivity contribution in [1.29, 1.82) is 0 Å². The van der Waals surface area contributed by atoms with Gasteiger partial charge >= 0.3 is 0 Å². The third-order valence-electron chi connectivity index (χ3n) is 5.53. The van der Waals surface area contributed by atoms with E-state index >= 15 is 0 Å². The molecule has 6 heteroatoms. The lowest BCUT2D eigenvalue weighted by Gasteiger charge is -2.30. The number of ether oxygens (including phenoxy) is 3. The second kappa shape index (κ2) is 8.74. The molecule has 28 heavy (non-hydrogen) atoms. The van der Waals surface area contributed by atoms with Gasteiger partial charge in [0, 0.05) is 22.5 Å². The summed E-state index contributed by atoms with van der Waals surface area (Å²) in [6.07, 6.45) is 4.40. The molecule has 1 N–H and O–H groups in total. The number of carbonyl (C=O) groups is 1. The quantitative estimate of drug-likeness (QED) is 0.733. The van der Waals surface area contributed by atoms with Crippen LogP contribution in [0.1, 0.15) is 41.6 Å². The molecule has 1 fully saturated rings. The Kier molecular flexibility index (Phi) is 6.35. The zero-order valence-corrected chi connectivity index (χ0v) is 17.3. The van der Waals surface area contributed by atoms with E-state index in [-0.39, 0.29) is 11.3 Å². The third-order valence-corrected chi connectivity index (χ3v) is 5.78. The molecule has 1 aliphatic rings. The molecule has 1 saturated carbocycles. The molecule has 1 aliphatic carbocycles. The number of hydrogen-bond acceptors (Lipinski definition) is 4. The van der Waals surface area contributed by atoms with E-state index in [0.29, 0.717) is 29.4 Å². The molecule has 0 aromatic heterocycles. The predicted octanol–water partition coefficient (Wildman–Crippen LogP) is 4.61. The molecule has 0 atom stereocenters. The predicted molar refractivity (Wildman–Crippen MR) is 110 cm³/mol. The van der Waals surface area contributed by atoms with E-state index < -0.39 is 0 Å². The summed E-state index contributed by atoms with van der Waals surface area (Å²) in [5, 5.41) is 3.83. The molecule has 0 saturated heterocycles. The number of rotatable bonds is 7. The molecule has 0 unspecified atom stereocenters. The van der Waals surface area contributed by atoms with Crippen LogP contribution in [0.15, 0.2) is 36.4 Å². The summed E-state index contributed by atoms with van der Waals surface area (Å²) in [5.74, 6) is 1.22. The van der Waals surface area contributed by atoms with Gasteiger partial charge in [0.1, 0.15) is 0 Å². The highest BCUT2D eigenvalue weighted by molar-refractivity contribution is 6.30. The maximum Gasteiger partial charge on any atom is 0.251 e. The molecule has 2 aromatic rings. The molecular formula is C22H26ClNO4. The van der Waals surface area contributed by atoms with Crippen molar-refractivity contribution in [3.8, 4) is 17.2 Å². The Morgan fingerprint density at radius 2 is 1.57 bits per heavy atom. The van der Waals surface area contributed by atoms with E-state index in [2.05, 4.69) is 17.4 Å². The zero-order chi connectivity index (χ0) is 20.1. The van der Waals surface area contributed by atoms with E-state index in [1.54, 1.807) is 12.1 Å². The van der Waals surface area contributed by atoms with Crippen molar-refractivity contribution in [3.63, 3.8) is 0 Å². The second-order valence-electron chi connectivity index (χ2n) is 7.09. The number of methoxy groups -OCH3 is 3. The van der Waals surface area contributed by atoms with E-state index in [4.69, 9.17) is 25.8 Å². The number of carbonyl (C=O) groups excluding carboxylic acids is 1. The van der Waals surface area contributed by atoms with E-state index in [0.717, 1.165) is 30.7 Å². The summed E-state index contributed by atoms with van der Waals surface area (Å²) in [7, 11) is 4.61. The van der Waals surface area contributed by atoms with Crippen molar-refractivity contribution in [2.24, 2.45) is 0 Å². The lowest BCUT2D eigenvalue weighted by molar-refractivity contribution is 0.0942. The van der Waals surface area contributed by atoms with Crippen LogP contribution in [0.25, 0.3) is 0 Å². The molecule has 0 spiro atoms. The van der Waals surface area contributed by atoms with Gasteiger partial charge in [0.2, 0.25) is 5.75 Å². The summed E-state index contributed by atoms with van der Waals surface area (Å²) in [5.41, 5.74) is 1.64. The Morgan fingerprint density at radius 3 is 2.07 bits per heavy atom. The molecular weight excluding hydrogens is 378 g/mol. The number of benzene rings is 2. The number of hydrogen-bond donors (Lipinski definition) is 1. The highest BCUT2D eigenvalue weighted by Gasteiger charge is 2.36. The molecule has 150 valence electrons. The largest absolute Gasteiger partial charge is 0.493 e. The van der Waals surface area contributed by atoms with Gasteiger partial charge in [-0.25, -0.2) is 0 Å². The highest BCUT2D eigenvalue weighted by Crippen LogP contribution is 2.41. The third kappa shape index (κ3) is 4.04. The molecule has 3 rings (SSSR count). The Bertz CT molecular complexity index is 804. The maximum atomic E-state index is 12.9. The first-order valence-corrected chi connectivity index (χ1v) is 9.75. The SMILES string of the molecule is COc1cc(C(=O)NCC2(c3ccc(Cl)cc3)CCCC2)cc(OC)c1OC. The Morgan fingerprint density at radius 1 is 1.00 bits per heavy atom. The van der Waals surface area contributed by atoms with Crippen LogP contribution in [0.3, 0.4) is 0 Å². The summed E-state index contributed by atoms with van der Waals surface area (Å²) in [6, 6.07) is 11.3. The molecule has 0 aliphatic heterocycles. The van der Waals surface area contributed by atoms with Crippen LogP contribution in [0.2, 0.25) is 5.02 Å². The van der Waals surface area contributed by atoms with Crippen molar-refractivity contribution in [2.75, 3.05) is 27.9 Å². The van der Waals surface area contributed by atoms with E-state index in [1.165, 1.54) is 26.9 Å². The first-order valence-electron chi connectivity index (χ1n) is 9.37. The van der Waals surface area contributed by atoms with Gasteiger partial charge < -0.3 is 19.5 Å². The summed E-state index contributed by atoms with van der Waals surface area (Å²) < 4.78 is 16.0. The average Bonchev–Trinajstić information content (AvgIpc) is 3.21. The van der Waals surface area contributed by atoms with Gasteiger partial charge in [0.15, 0.2) is 11.5 Å². The monoisotopic (exact) mass is 403 g/mol. The maximum absolute atomic E-state index is 12.9. The van der Waals surface area contributed by atoms with Crippen molar-refractivity contribution in [2.45, 2.75) is 31.1 Å². The Labute approximate surface area is 170 Å². The fourth-order valence-electron chi connectivity index (χ4n) is 3.99. The number of amides is 1. The minimum Gasteiger partial charge on any atom is -0.493 e. The Hall–Kier alpha value is -2.40. The van der Waals surface area contributed by atoms with Gasteiger partial charge in [-0.15, -0.1) is 0 Å². The van der Waals surface area contributed by atoms with Crippen LogP contribution in [-0.2, 0) is 5.41 Å². The minimum absolute atomic E-state index is 0.0547. The van der Waals surface area contributed by atoms with Crippen molar-refractivity contribution >= 4 is 17.5 Å². The zero-order valence-electron chi connectivity index (χ0n) is 16.5. The van der Waals surface area contributed by atoms with E-state index in [1.807, 2.05) is 12.1 Å². The van der Waals surface area contributed by atoms with Gasteiger partial charge in [-0.05, 0) is 42.7 Å². The summed E-state index contributed by atoms with van der Waals surface area (Å²) >= 11 is 6.05. The smallest absolute Gasteiger partial charge is 0.251 e. The van der Waals surface area contributed by atoms with Crippen molar-refractivity contribution in [1.82, 2.24) is 5.32 Å². The fourth-order valence-corrected chi connectivity index (χ4v) is 4.11. The van der Waals surface area contributed by atoms with Crippen LogP contribution in [0, 0.1) is 0 Å². The standard InChI is InChI=1S/C22H26ClNO4/c1-26-18-12-15(13-19(27-2)20(18)28-3)21(25)24-14-22(10-4-5-11-22)16-6-8-17(23)9-7-16/h6-9,12-13H,4-5,10-11,14H2,1-3H3,(H,24,25). The van der Waals surface area contributed by atoms with Gasteiger partial charge in [0.05, 0.1) is 21.3 Å². The van der Waals surface area contributed by atoms with Crippen LogP contribution >= 0.6 is 11.6 Å². The Balaban J connectivity index is 1.81. The minimum atomic E-state index is -0.167. The van der Waals surface area contributed by atoms with E-state index in [9.17, 15) is 4.79 Å². The van der Waals surface area contributed by atoms with Gasteiger partial charge in [-0.3, -0.25) is 4.79 Å². The molecule has 0 radical (unpaired) electrons. The van der Waals surface area contributed by atoms with Crippen LogP contribution in [0.5, 0.6) is 17.2 Å². The normalized spacial score (nSPS) is 15.1. The number of halogens is 1. The number of nitrogens with one attached hydrogen (secondary N) is 1. The topological polar surface area (TPSA) is 56.8 Å². The molecule has 2 aromatic carbocycles. The second-order valence-corrected chi connectivity index (χ2v) is 7.53. The lowest BCUT2D eigenvalue weighted by Crippen LogP contribution is -2.39. The molecule has 0 heterocycles. The average molecular weight is 404 g/mol. The van der Waals surface area contributed by atoms with Gasteiger partial charge in [-0.2, -0.15) is 0 Å². The molecule has 1 amide bonds. The van der Waals surface area contributed by atoms with Gasteiger partial charge in [0.25, 0.3) is 5.91 Å². The first-order chi connectivity index (χ1) is 13.5. The van der Waals surface area contributed by atoms with Crippen LogP contribution in [0.4, 0.5) is 0 Å². The van der Waals surface area contributed by atoms with Crippen LogP contribution < -0.4 is 19.5 Å². The lowest BCUT2D eigenvalue weighted by atomic mass is 9.79. The summed E-state index contributed by atoms with van der Waals surface area (Å²) in [6.45, 7) is 0.574. The van der Waals surface area contributed by atoms with Crippen molar-refractivity contribution < 1.29 is 19.0 Å². The first kappa shape index (κ1) is 20.3. The molecule has 5 nitrogen and oxygen atoms in total. The fraction of sp³-hybridized carbons (Fsp3) is 0.409. The van der Waals surface area contributed by atoms with Crippen LogP contribution in [-0.4, -0.2) is 33.8 Å². The highest BCUT2D eigenvalue weighted by atomic mass is 35.5.